The number of carbonyl (C=O) groups excluding carboxylic acids is 2. The maximum Gasteiger partial charge on any atom is 0.238 e. The van der Waals surface area contributed by atoms with Gasteiger partial charge in [-0.2, -0.15) is 0 Å². The number of nitrogens with one attached hydrogen (secondary N) is 3. The molecule has 226 valence electrons. The van der Waals surface area contributed by atoms with E-state index in [1.807, 2.05) is 12.1 Å². The number of aliphatic hydroxyl groups excluding tert-OH is 1. The van der Waals surface area contributed by atoms with Crippen LogP contribution >= 0.6 is 23.2 Å². The monoisotopic (exact) mass is 618 g/mol. The zero-order valence-electron chi connectivity index (χ0n) is 23.8. The quantitative estimate of drug-likeness (QED) is 0.356. The van der Waals surface area contributed by atoms with E-state index < -0.39 is 28.7 Å². The van der Waals surface area contributed by atoms with Gasteiger partial charge in [-0.3, -0.25) is 14.9 Å². The Morgan fingerprint density at radius 3 is 2.79 bits per heavy atom. The lowest BCUT2D eigenvalue weighted by atomic mass is 9.51. The molecule has 2 saturated heterocycles. The maximum atomic E-state index is 15.5. The van der Waals surface area contributed by atoms with Crippen LogP contribution in [-0.4, -0.2) is 58.8 Å². The Morgan fingerprint density at radius 2 is 2.05 bits per heavy atom. The average molecular weight is 620 g/mol. The van der Waals surface area contributed by atoms with Crippen molar-refractivity contribution in [3.05, 3.63) is 57.6 Å². The maximum absolute atomic E-state index is 15.5. The summed E-state index contributed by atoms with van der Waals surface area (Å²) in [5, 5.41) is 19.4. The van der Waals surface area contributed by atoms with Crippen molar-refractivity contribution in [3.8, 4) is 0 Å². The average Bonchev–Trinajstić information content (AvgIpc) is 3.45. The summed E-state index contributed by atoms with van der Waals surface area (Å²) in [6, 6.07) is 6.19. The minimum absolute atomic E-state index is 0.0195. The fourth-order valence-electron chi connectivity index (χ4n) is 7.96. The molecule has 4 aliphatic rings. The number of aliphatic hydroxyl groups is 1. The van der Waals surface area contributed by atoms with Crippen molar-refractivity contribution in [1.29, 1.82) is 0 Å². The third-order valence-electron chi connectivity index (χ3n) is 10.3. The number of ether oxygens (including phenoxy) is 1. The number of hydrogen-bond donors (Lipinski definition) is 4. The predicted molar refractivity (Wildman–Crippen MR) is 158 cm³/mol. The molecule has 6 rings (SSSR count). The van der Waals surface area contributed by atoms with E-state index in [0.29, 0.717) is 48.6 Å². The summed E-state index contributed by atoms with van der Waals surface area (Å²) in [5.74, 6) is -1.46. The Labute approximate surface area is 255 Å². The number of hydrogen-bond acceptors (Lipinski definition) is 6. The van der Waals surface area contributed by atoms with Crippen LogP contribution in [0.15, 0.2) is 30.5 Å². The molecule has 2 unspecified atom stereocenters. The Morgan fingerprint density at radius 1 is 1.24 bits per heavy atom. The molecule has 0 bridgehead atoms. The molecule has 8 nitrogen and oxygen atoms in total. The molecule has 2 spiro atoms. The standard InChI is InChI=1S/C31H37Cl2FN4O4/c1-29(2)9-10-30(16-31(29)22-6-3-17(32)13-23(22)37-28(31)41)14-21(20-7-11-35-26(33)24(20)34)25(38-30)27(40)36-18-4-5-19(8-12-39)42-15-18/h3,6-7,11,13,18-19,21,25,38-39H,4-5,8-10,12,14-16H2,1-2H3,(H,36,40)(H,37,41)/t18-,19+,21+,25-,30?,31?/m1/s1. The van der Waals surface area contributed by atoms with Crippen molar-refractivity contribution in [3.63, 3.8) is 0 Å². The molecule has 4 N–H and O–H groups in total. The van der Waals surface area contributed by atoms with Crippen molar-refractivity contribution in [1.82, 2.24) is 15.6 Å². The minimum atomic E-state index is -0.860. The van der Waals surface area contributed by atoms with Crippen LogP contribution in [0.5, 0.6) is 0 Å². The van der Waals surface area contributed by atoms with Crippen molar-refractivity contribution in [2.75, 3.05) is 18.5 Å². The van der Waals surface area contributed by atoms with Gasteiger partial charge in [0.25, 0.3) is 0 Å². The molecule has 0 radical (unpaired) electrons. The van der Waals surface area contributed by atoms with Gasteiger partial charge in [0.2, 0.25) is 11.8 Å². The Hall–Kier alpha value is -2.30. The molecule has 6 atom stereocenters. The summed E-state index contributed by atoms with van der Waals surface area (Å²) in [7, 11) is 0. The molecule has 1 aromatic heterocycles. The lowest BCUT2D eigenvalue weighted by Crippen LogP contribution is -2.61. The van der Waals surface area contributed by atoms with Crippen LogP contribution in [-0.2, 0) is 19.7 Å². The number of anilines is 1. The smallest absolute Gasteiger partial charge is 0.238 e. The number of nitrogens with zero attached hydrogens (tertiary/aromatic N) is 1. The molecule has 42 heavy (non-hydrogen) atoms. The molecule has 4 heterocycles. The zero-order valence-corrected chi connectivity index (χ0v) is 25.3. The van der Waals surface area contributed by atoms with Gasteiger partial charge in [-0.1, -0.05) is 43.1 Å². The fourth-order valence-corrected chi connectivity index (χ4v) is 8.29. The lowest BCUT2D eigenvalue weighted by Gasteiger charge is -2.53. The fraction of sp³-hybridized carbons (Fsp3) is 0.581. The number of amides is 2. The Bertz CT molecular complexity index is 1400. The van der Waals surface area contributed by atoms with Crippen LogP contribution < -0.4 is 16.0 Å². The minimum Gasteiger partial charge on any atom is -0.396 e. The molecule has 3 fully saturated rings. The first-order valence-corrected chi connectivity index (χ1v) is 15.5. The number of carbonyl (C=O) groups is 2. The van der Waals surface area contributed by atoms with Crippen LogP contribution in [0, 0.1) is 11.2 Å². The van der Waals surface area contributed by atoms with Gasteiger partial charge in [0, 0.05) is 35.0 Å². The van der Waals surface area contributed by atoms with E-state index in [1.165, 1.54) is 6.20 Å². The predicted octanol–water partition coefficient (Wildman–Crippen LogP) is 4.86. The van der Waals surface area contributed by atoms with E-state index in [-0.39, 0.29) is 41.1 Å². The summed E-state index contributed by atoms with van der Waals surface area (Å²) in [5.41, 5.74) is 0.103. The van der Waals surface area contributed by atoms with E-state index in [9.17, 15) is 14.7 Å². The van der Waals surface area contributed by atoms with Crippen LogP contribution in [0.2, 0.25) is 10.2 Å². The lowest BCUT2D eigenvalue weighted by molar-refractivity contribution is -0.129. The van der Waals surface area contributed by atoms with Crippen molar-refractivity contribution in [2.24, 2.45) is 5.41 Å². The second-order valence-electron chi connectivity index (χ2n) is 13.1. The molecule has 2 aromatic rings. The zero-order chi connectivity index (χ0) is 29.9. The molecule has 1 saturated carbocycles. The first-order valence-electron chi connectivity index (χ1n) is 14.7. The third-order valence-corrected chi connectivity index (χ3v) is 10.8. The highest BCUT2D eigenvalue weighted by Gasteiger charge is 2.65. The molecule has 2 amide bonds. The van der Waals surface area contributed by atoms with E-state index in [2.05, 4.69) is 34.8 Å². The van der Waals surface area contributed by atoms with Gasteiger partial charge in [-0.25, -0.2) is 9.37 Å². The SMILES string of the molecule is CC1(C)CCC2(C[C@@H](c3ccnc(Cl)c3F)[C@H](C(=O)N[C@@H]3CC[C@@H](CCO)OC3)N2)CC12C(=O)Nc1cc(Cl)ccc12. The van der Waals surface area contributed by atoms with Gasteiger partial charge in [-0.15, -0.1) is 0 Å². The molecular formula is C31H37Cl2FN4O4. The largest absolute Gasteiger partial charge is 0.396 e. The van der Waals surface area contributed by atoms with Gasteiger partial charge in [0.15, 0.2) is 11.0 Å². The molecule has 1 aromatic carbocycles. The van der Waals surface area contributed by atoms with Crippen LogP contribution in [0.25, 0.3) is 0 Å². The molecule has 1 aliphatic carbocycles. The Balaban J connectivity index is 1.33. The number of benzene rings is 1. The van der Waals surface area contributed by atoms with Crippen molar-refractivity contribution < 1.29 is 23.8 Å². The summed E-state index contributed by atoms with van der Waals surface area (Å²) in [6.07, 6.45) is 5.82. The highest BCUT2D eigenvalue weighted by atomic mass is 35.5. The second kappa shape index (κ2) is 11.0. The first-order chi connectivity index (χ1) is 20.0. The van der Waals surface area contributed by atoms with E-state index in [4.69, 9.17) is 27.9 Å². The van der Waals surface area contributed by atoms with E-state index in [0.717, 1.165) is 24.8 Å². The van der Waals surface area contributed by atoms with Crippen molar-refractivity contribution >= 4 is 40.7 Å². The van der Waals surface area contributed by atoms with Gasteiger partial charge < -0.3 is 20.5 Å². The van der Waals surface area contributed by atoms with Gasteiger partial charge in [0.1, 0.15) is 0 Å². The number of pyridine rings is 1. The number of fused-ring (bicyclic) bond motifs is 2. The second-order valence-corrected chi connectivity index (χ2v) is 13.9. The number of aromatic nitrogens is 1. The number of halogens is 3. The molecular weight excluding hydrogens is 582 g/mol. The summed E-state index contributed by atoms with van der Waals surface area (Å²) < 4.78 is 21.3. The van der Waals surface area contributed by atoms with E-state index >= 15 is 4.39 Å². The van der Waals surface area contributed by atoms with Crippen LogP contribution in [0.4, 0.5) is 10.1 Å². The normalized spacial score (nSPS) is 33.5. The summed E-state index contributed by atoms with van der Waals surface area (Å²) >= 11 is 12.4. The van der Waals surface area contributed by atoms with Crippen molar-refractivity contribution in [2.45, 2.75) is 93.9 Å². The third kappa shape index (κ3) is 4.91. The Kier molecular flexibility index (Phi) is 7.80. The number of rotatable bonds is 5. The summed E-state index contributed by atoms with van der Waals surface area (Å²) in [6.45, 7) is 4.65. The van der Waals surface area contributed by atoms with Gasteiger partial charge in [0.05, 0.1) is 30.2 Å². The topological polar surface area (TPSA) is 113 Å². The van der Waals surface area contributed by atoms with Gasteiger partial charge in [-0.05, 0) is 79.7 Å². The van der Waals surface area contributed by atoms with E-state index in [1.54, 1.807) is 12.1 Å². The van der Waals surface area contributed by atoms with Crippen LogP contribution in [0.3, 0.4) is 0 Å². The molecule has 3 aliphatic heterocycles. The first kappa shape index (κ1) is 29.8. The molecule has 11 heteroatoms. The highest BCUT2D eigenvalue weighted by molar-refractivity contribution is 6.31. The van der Waals surface area contributed by atoms with Crippen LogP contribution in [0.1, 0.15) is 75.8 Å². The van der Waals surface area contributed by atoms with Gasteiger partial charge >= 0.3 is 0 Å². The highest BCUT2D eigenvalue weighted by Crippen LogP contribution is 2.62. The summed E-state index contributed by atoms with van der Waals surface area (Å²) in [4.78, 5) is 31.7.